The van der Waals surface area contributed by atoms with Crippen molar-refractivity contribution in [3.8, 4) is 0 Å². The van der Waals surface area contributed by atoms with Crippen molar-refractivity contribution < 1.29 is 14.4 Å². The smallest absolute Gasteiger partial charge is 0.288 e. The Balaban J connectivity index is 1.23. The maximum atomic E-state index is 12.8. The Labute approximate surface area is 225 Å². The quantitative estimate of drug-likeness (QED) is 0.194. The highest BCUT2D eigenvalue weighted by Crippen LogP contribution is 2.23. The van der Waals surface area contributed by atoms with Gasteiger partial charge >= 0.3 is 0 Å². The van der Waals surface area contributed by atoms with Crippen LogP contribution in [0.5, 0.6) is 0 Å². The zero-order valence-corrected chi connectivity index (χ0v) is 21.1. The molecule has 1 atom stereocenters. The van der Waals surface area contributed by atoms with Crippen LogP contribution >= 0.6 is 12.2 Å². The summed E-state index contributed by atoms with van der Waals surface area (Å²) in [6.07, 6.45) is 2.62. The molecule has 3 aromatic carbocycles. The number of pyridine rings is 1. The summed E-state index contributed by atoms with van der Waals surface area (Å²) in [5.41, 5.74) is 7.52. The highest BCUT2D eigenvalue weighted by Gasteiger charge is 2.35. The minimum atomic E-state index is -0.434. The lowest BCUT2D eigenvalue weighted by molar-refractivity contribution is 0.0648. The first kappa shape index (κ1) is 25.0. The molecule has 0 unspecified atom stereocenters. The van der Waals surface area contributed by atoms with Crippen LogP contribution in [0.1, 0.15) is 43.2 Å². The number of hydrogen-bond acceptors (Lipinski definition) is 5. The molecule has 1 aromatic heterocycles. The molecule has 1 aliphatic heterocycles. The number of carbonyl (C=O) groups is 3. The first-order chi connectivity index (χ1) is 18.5. The molecule has 0 bridgehead atoms. The maximum Gasteiger partial charge on any atom is 0.288 e. The summed E-state index contributed by atoms with van der Waals surface area (Å²) in [6.45, 7) is 0.225. The molecule has 3 amide bonds. The number of thiocarbonyl (C=S) groups is 1. The van der Waals surface area contributed by atoms with Gasteiger partial charge < -0.3 is 5.32 Å². The molecule has 4 aromatic rings. The van der Waals surface area contributed by atoms with E-state index in [0.717, 1.165) is 10.9 Å². The van der Waals surface area contributed by atoms with Crippen molar-refractivity contribution >= 4 is 45.8 Å². The van der Waals surface area contributed by atoms with Crippen LogP contribution in [0.3, 0.4) is 0 Å². The zero-order chi connectivity index (χ0) is 26.5. The SMILES string of the molecule is O=C(NNC(=S)N[C@@H](CCN1C(=O)c2ccccc2C1=O)Cc1ccccc1)c1nccc2c[c]ccc12. The van der Waals surface area contributed by atoms with Crippen LogP contribution < -0.4 is 16.2 Å². The van der Waals surface area contributed by atoms with Gasteiger partial charge in [-0.2, -0.15) is 0 Å². The summed E-state index contributed by atoms with van der Waals surface area (Å²) in [7, 11) is 0. The molecule has 0 spiro atoms. The Morgan fingerprint density at radius 1 is 0.947 bits per heavy atom. The summed E-state index contributed by atoms with van der Waals surface area (Å²) in [6, 6.07) is 26.5. The Morgan fingerprint density at radius 2 is 1.66 bits per heavy atom. The fourth-order valence-corrected chi connectivity index (χ4v) is 4.70. The van der Waals surface area contributed by atoms with Gasteiger partial charge in [0.2, 0.25) is 0 Å². The first-order valence-electron chi connectivity index (χ1n) is 12.1. The number of nitrogens with zero attached hydrogens (tertiary/aromatic N) is 2. The number of nitrogens with one attached hydrogen (secondary N) is 3. The minimum Gasteiger partial charge on any atom is -0.358 e. The van der Waals surface area contributed by atoms with Gasteiger partial charge in [0.15, 0.2) is 5.11 Å². The second kappa shape index (κ2) is 11.2. The van der Waals surface area contributed by atoms with Crippen LogP contribution in [0.25, 0.3) is 10.8 Å². The van der Waals surface area contributed by atoms with Crippen molar-refractivity contribution in [1.82, 2.24) is 26.1 Å². The Hall–Kier alpha value is -4.63. The Kier molecular flexibility index (Phi) is 7.37. The summed E-state index contributed by atoms with van der Waals surface area (Å²) in [5.74, 6) is -1.02. The molecule has 2 heterocycles. The number of hydrazine groups is 1. The van der Waals surface area contributed by atoms with E-state index in [9.17, 15) is 14.4 Å². The van der Waals surface area contributed by atoms with Crippen LogP contribution in [0.4, 0.5) is 0 Å². The van der Waals surface area contributed by atoms with Gasteiger partial charge in [0.25, 0.3) is 17.7 Å². The molecular formula is C29H24N5O3S. The van der Waals surface area contributed by atoms with E-state index in [-0.39, 0.29) is 35.2 Å². The number of aromatic nitrogens is 1. The average molecular weight is 523 g/mol. The monoisotopic (exact) mass is 522 g/mol. The highest BCUT2D eigenvalue weighted by molar-refractivity contribution is 7.80. The van der Waals surface area contributed by atoms with Gasteiger partial charge in [-0.1, -0.05) is 54.6 Å². The molecular weight excluding hydrogens is 498 g/mol. The van der Waals surface area contributed by atoms with E-state index in [4.69, 9.17) is 12.2 Å². The number of imide groups is 1. The van der Waals surface area contributed by atoms with E-state index in [0.29, 0.717) is 29.4 Å². The third kappa shape index (κ3) is 5.37. The molecule has 38 heavy (non-hydrogen) atoms. The van der Waals surface area contributed by atoms with Crippen LogP contribution in [0.2, 0.25) is 0 Å². The van der Waals surface area contributed by atoms with Gasteiger partial charge in [0.1, 0.15) is 5.69 Å². The molecule has 189 valence electrons. The minimum absolute atomic E-state index is 0.204. The number of hydrogen-bond donors (Lipinski definition) is 3. The number of benzene rings is 3. The fourth-order valence-electron chi connectivity index (χ4n) is 4.48. The Bertz CT molecular complexity index is 1480. The van der Waals surface area contributed by atoms with Crippen LogP contribution in [0.15, 0.2) is 85.1 Å². The normalized spacial score (nSPS) is 13.2. The first-order valence-corrected chi connectivity index (χ1v) is 12.5. The van der Waals surface area contributed by atoms with Gasteiger partial charge in [-0.25, -0.2) is 0 Å². The van der Waals surface area contributed by atoms with E-state index < -0.39 is 5.91 Å². The molecule has 0 fully saturated rings. The number of carbonyl (C=O) groups excluding carboxylic acids is 3. The molecule has 0 saturated heterocycles. The summed E-state index contributed by atoms with van der Waals surface area (Å²) >= 11 is 5.45. The van der Waals surface area contributed by atoms with Crippen molar-refractivity contribution in [3.63, 3.8) is 0 Å². The molecule has 5 rings (SSSR count). The molecule has 8 nitrogen and oxygen atoms in total. The molecule has 1 aliphatic rings. The van der Waals surface area contributed by atoms with Crippen molar-refractivity contribution in [1.29, 1.82) is 0 Å². The topological polar surface area (TPSA) is 103 Å². The summed E-state index contributed by atoms with van der Waals surface area (Å²) < 4.78 is 0. The number of fused-ring (bicyclic) bond motifs is 2. The van der Waals surface area contributed by atoms with Crippen molar-refractivity contribution in [2.45, 2.75) is 18.9 Å². The van der Waals surface area contributed by atoms with Crippen molar-refractivity contribution in [2.75, 3.05) is 6.54 Å². The van der Waals surface area contributed by atoms with Crippen LogP contribution in [-0.2, 0) is 6.42 Å². The average Bonchev–Trinajstić information content (AvgIpc) is 3.19. The molecule has 9 heteroatoms. The predicted molar refractivity (Wildman–Crippen MR) is 147 cm³/mol. The van der Waals surface area contributed by atoms with Gasteiger partial charge in [0.05, 0.1) is 11.1 Å². The fraction of sp³-hybridized carbons (Fsp3) is 0.138. The maximum absolute atomic E-state index is 12.8. The zero-order valence-electron chi connectivity index (χ0n) is 20.3. The molecule has 3 N–H and O–H groups in total. The van der Waals surface area contributed by atoms with Gasteiger partial charge in [-0.05, 0) is 66.3 Å². The third-order valence-corrected chi connectivity index (χ3v) is 6.57. The van der Waals surface area contributed by atoms with E-state index in [1.54, 1.807) is 48.7 Å². The Morgan fingerprint density at radius 3 is 2.39 bits per heavy atom. The lowest BCUT2D eigenvalue weighted by Crippen LogP contribution is -2.51. The van der Waals surface area contributed by atoms with E-state index in [2.05, 4.69) is 27.2 Å². The molecule has 0 aliphatic carbocycles. The van der Waals surface area contributed by atoms with E-state index in [1.165, 1.54) is 4.90 Å². The lowest BCUT2D eigenvalue weighted by Gasteiger charge is -2.23. The summed E-state index contributed by atoms with van der Waals surface area (Å²) in [5, 5.41) is 4.97. The third-order valence-electron chi connectivity index (χ3n) is 6.35. The van der Waals surface area contributed by atoms with Gasteiger partial charge in [-0.15, -0.1) is 0 Å². The summed E-state index contributed by atoms with van der Waals surface area (Å²) in [4.78, 5) is 43.9. The highest BCUT2D eigenvalue weighted by atomic mass is 32.1. The lowest BCUT2D eigenvalue weighted by atomic mass is 10.0. The second-order valence-corrected chi connectivity index (χ2v) is 9.25. The second-order valence-electron chi connectivity index (χ2n) is 8.84. The predicted octanol–water partition coefficient (Wildman–Crippen LogP) is 3.44. The van der Waals surface area contributed by atoms with Crippen LogP contribution in [0, 0.1) is 6.07 Å². The van der Waals surface area contributed by atoms with Crippen molar-refractivity contribution in [2.24, 2.45) is 0 Å². The van der Waals surface area contributed by atoms with Crippen molar-refractivity contribution in [3.05, 3.63) is 114 Å². The van der Waals surface area contributed by atoms with Gasteiger partial charge in [0, 0.05) is 24.2 Å². The molecule has 0 saturated carbocycles. The van der Waals surface area contributed by atoms with E-state index >= 15 is 0 Å². The van der Waals surface area contributed by atoms with E-state index in [1.807, 2.05) is 36.4 Å². The largest absolute Gasteiger partial charge is 0.358 e. The number of amides is 3. The van der Waals surface area contributed by atoms with Crippen LogP contribution in [-0.4, -0.2) is 45.3 Å². The molecule has 1 radical (unpaired) electrons. The standard InChI is InChI=1S/C29H24N5O3S/c35-26(25-22-11-5-4-10-20(22)14-16-30-25)32-33-29(38)31-21(18-19-8-2-1-3-9-19)15-17-34-27(36)23-12-6-7-13-24(23)28(34)37/h1-3,5-14,16,21H,15,17-18H2,(H,32,35)(H2,31,33,38)/t21-/m0/s1. The van der Waals surface area contributed by atoms with Gasteiger partial charge in [-0.3, -0.25) is 35.1 Å². The number of rotatable bonds is 7.